The van der Waals surface area contributed by atoms with Crippen LogP contribution in [0.2, 0.25) is 0 Å². The first-order valence-electron chi connectivity index (χ1n) is 8.44. The Bertz CT molecular complexity index is 598. The van der Waals surface area contributed by atoms with E-state index in [2.05, 4.69) is 20.6 Å². The van der Waals surface area contributed by atoms with E-state index in [-0.39, 0.29) is 23.7 Å². The normalized spacial score (nSPS) is 29.6. The van der Waals surface area contributed by atoms with E-state index in [9.17, 15) is 9.59 Å². The quantitative estimate of drug-likeness (QED) is 0.685. The molecule has 1 aromatic rings. The third-order valence-electron chi connectivity index (χ3n) is 5.45. The molecule has 1 saturated carbocycles. The molecule has 3 N–H and O–H groups in total. The smallest absolute Gasteiger partial charge is 0.229 e. The van der Waals surface area contributed by atoms with Gasteiger partial charge in [0.1, 0.15) is 0 Å². The predicted molar refractivity (Wildman–Crippen MR) is 83.4 cm³/mol. The topological polar surface area (TPSA) is 90.1 Å². The molecule has 2 aliphatic heterocycles. The lowest BCUT2D eigenvalue weighted by molar-refractivity contribution is -0.133. The maximum Gasteiger partial charge on any atom is 0.229 e. The number of carbonyl (C=O) groups is 2. The van der Waals surface area contributed by atoms with Crippen molar-refractivity contribution < 1.29 is 9.59 Å². The van der Waals surface area contributed by atoms with E-state index in [4.69, 9.17) is 0 Å². The van der Waals surface area contributed by atoms with Crippen LogP contribution in [0.25, 0.3) is 0 Å². The number of nitrogens with zero attached hydrogens (tertiary/aromatic N) is 2. The van der Waals surface area contributed by atoms with Crippen molar-refractivity contribution in [3.8, 4) is 0 Å². The highest BCUT2D eigenvalue weighted by atomic mass is 16.2. The van der Waals surface area contributed by atoms with Crippen molar-refractivity contribution in [2.45, 2.75) is 19.3 Å². The fourth-order valence-electron chi connectivity index (χ4n) is 3.91. The molecule has 23 heavy (non-hydrogen) atoms. The fourth-order valence-corrected chi connectivity index (χ4v) is 3.91. The van der Waals surface area contributed by atoms with Gasteiger partial charge >= 0.3 is 0 Å². The summed E-state index contributed by atoms with van der Waals surface area (Å²) in [6.07, 6.45) is 6.19. The molecule has 1 aliphatic carbocycles. The third-order valence-corrected chi connectivity index (χ3v) is 5.45. The van der Waals surface area contributed by atoms with Gasteiger partial charge in [-0.15, -0.1) is 0 Å². The average molecular weight is 317 g/mol. The fraction of sp³-hybridized carbons (Fsp3) is 0.688. The van der Waals surface area contributed by atoms with E-state index in [1.807, 2.05) is 4.90 Å². The summed E-state index contributed by atoms with van der Waals surface area (Å²) < 4.78 is 0. The molecular weight excluding hydrogens is 294 g/mol. The minimum atomic E-state index is -0.446. The number of fused-ring (bicyclic) bond motifs is 1. The third kappa shape index (κ3) is 2.63. The van der Waals surface area contributed by atoms with Gasteiger partial charge in [0.25, 0.3) is 0 Å². The van der Waals surface area contributed by atoms with Gasteiger partial charge < -0.3 is 20.5 Å². The molecule has 0 aromatic carbocycles. The van der Waals surface area contributed by atoms with Gasteiger partial charge in [-0.25, -0.2) is 4.98 Å². The van der Waals surface area contributed by atoms with E-state index in [0.29, 0.717) is 19.6 Å². The number of aromatic nitrogens is 2. The lowest BCUT2D eigenvalue weighted by atomic mass is 9.80. The van der Waals surface area contributed by atoms with Crippen molar-refractivity contribution in [2.75, 3.05) is 32.7 Å². The van der Waals surface area contributed by atoms with E-state index in [1.54, 1.807) is 12.5 Å². The largest absolute Gasteiger partial charge is 0.355 e. The number of H-pyrrole nitrogens is 1. The number of imidazole rings is 1. The van der Waals surface area contributed by atoms with E-state index >= 15 is 0 Å². The molecule has 7 nitrogen and oxygen atoms in total. The van der Waals surface area contributed by atoms with Crippen LogP contribution in [-0.2, 0) is 16.0 Å². The van der Waals surface area contributed by atoms with Gasteiger partial charge in [-0.05, 0) is 12.8 Å². The van der Waals surface area contributed by atoms with Gasteiger partial charge in [-0.3, -0.25) is 9.59 Å². The van der Waals surface area contributed by atoms with Crippen molar-refractivity contribution in [1.29, 1.82) is 0 Å². The summed E-state index contributed by atoms with van der Waals surface area (Å²) in [5.41, 5.74) is 0.569. The second-order valence-corrected chi connectivity index (χ2v) is 7.06. The first kappa shape index (κ1) is 14.7. The summed E-state index contributed by atoms with van der Waals surface area (Å²) in [6, 6.07) is 0. The second kappa shape index (κ2) is 5.63. The number of amides is 2. The highest BCUT2D eigenvalue weighted by Crippen LogP contribution is 2.42. The Balaban J connectivity index is 1.38. The molecule has 0 bridgehead atoms. The molecule has 0 unspecified atom stereocenters. The number of hydrogen-bond donors (Lipinski definition) is 3. The molecule has 0 spiro atoms. The molecule has 7 heteroatoms. The van der Waals surface area contributed by atoms with Crippen LogP contribution in [-0.4, -0.2) is 59.4 Å². The number of likely N-dealkylation sites (tertiary alicyclic amines) is 1. The molecule has 2 saturated heterocycles. The minimum Gasteiger partial charge on any atom is -0.355 e. The lowest BCUT2D eigenvalue weighted by Gasteiger charge is -2.26. The Kier molecular flexibility index (Phi) is 3.60. The molecule has 0 radical (unpaired) electrons. The molecule has 4 rings (SSSR count). The Morgan fingerprint density at radius 2 is 2.30 bits per heavy atom. The second-order valence-electron chi connectivity index (χ2n) is 7.06. The van der Waals surface area contributed by atoms with Crippen molar-refractivity contribution in [2.24, 2.45) is 17.3 Å². The van der Waals surface area contributed by atoms with Gasteiger partial charge in [0.15, 0.2) is 0 Å². The number of hydrogen-bond acceptors (Lipinski definition) is 4. The maximum atomic E-state index is 12.8. The molecular formula is C16H23N5O2. The number of rotatable bonds is 5. The van der Waals surface area contributed by atoms with Gasteiger partial charge in [-0.1, -0.05) is 0 Å². The standard InChI is InChI=1S/C16H23N5O2/c22-14(11-1-2-11)21-7-12-5-17-8-16(12,9-21)15(23)19-4-3-13-6-18-10-20-13/h6,10-12,17H,1-5,7-9H2,(H,18,20)(H,19,23)/t12-,16-/m0/s1. The van der Waals surface area contributed by atoms with Crippen LogP contribution < -0.4 is 10.6 Å². The summed E-state index contributed by atoms with van der Waals surface area (Å²) in [7, 11) is 0. The Morgan fingerprint density at radius 1 is 1.43 bits per heavy atom. The van der Waals surface area contributed by atoms with Crippen LogP contribution in [0.3, 0.4) is 0 Å². The van der Waals surface area contributed by atoms with Crippen molar-refractivity contribution >= 4 is 11.8 Å². The van der Waals surface area contributed by atoms with E-state index < -0.39 is 5.41 Å². The van der Waals surface area contributed by atoms with Crippen LogP contribution >= 0.6 is 0 Å². The van der Waals surface area contributed by atoms with E-state index in [0.717, 1.165) is 38.0 Å². The Hall–Kier alpha value is -1.89. The van der Waals surface area contributed by atoms with Gasteiger partial charge in [0, 0.05) is 62.9 Å². The minimum absolute atomic E-state index is 0.0816. The van der Waals surface area contributed by atoms with Crippen molar-refractivity contribution in [3.05, 3.63) is 18.2 Å². The highest BCUT2D eigenvalue weighted by Gasteiger charge is 2.56. The monoisotopic (exact) mass is 317 g/mol. The van der Waals surface area contributed by atoms with Crippen LogP contribution in [0, 0.1) is 17.3 Å². The van der Waals surface area contributed by atoms with Crippen LogP contribution in [0.15, 0.2) is 12.5 Å². The lowest BCUT2D eigenvalue weighted by Crippen LogP contribution is -2.48. The predicted octanol–water partition coefficient (Wildman–Crippen LogP) is -0.474. The molecule has 2 atom stereocenters. The molecule has 2 amide bonds. The zero-order valence-electron chi connectivity index (χ0n) is 13.2. The number of carbonyl (C=O) groups excluding carboxylic acids is 2. The van der Waals surface area contributed by atoms with Crippen molar-refractivity contribution in [3.63, 3.8) is 0 Å². The molecule has 1 aromatic heterocycles. The summed E-state index contributed by atoms with van der Waals surface area (Å²) in [5, 5.41) is 6.40. The Morgan fingerprint density at radius 3 is 3.04 bits per heavy atom. The summed E-state index contributed by atoms with van der Waals surface area (Å²) >= 11 is 0. The zero-order chi connectivity index (χ0) is 15.9. The first-order valence-corrected chi connectivity index (χ1v) is 8.44. The van der Waals surface area contributed by atoms with Crippen molar-refractivity contribution in [1.82, 2.24) is 25.5 Å². The van der Waals surface area contributed by atoms with Gasteiger partial charge in [-0.2, -0.15) is 0 Å². The summed E-state index contributed by atoms with van der Waals surface area (Å²) in [5.74, 6) is 0.793. The molecule has 3 aliphatic rings. The van der Waals surface area contributed by atoms with Gasteiger partial charge in [0.05, 0.1) is 11.7 Å². The van der Waals surface area contributed by atoms with Gasteiger partial charge in [0.2, 0.25) is 11.8 Å². The Labute approximate surface area is 135 Å². The molecule has 3 heterocycles. The number of nitrogens with one attached hydrogen (secondary N) is 3. The van der Waals surface area contributed by atoms with Crippen LogP contribution in [0.1, 0.15) is 18.5 Å². The van der Waals surface area contributed by atoms with E-state index in [1.165, 1.54) is 0 Å². The maximum absolute atomic E-state index is 12.8. The summed E-state index contributed by atoms with van der Waals surface area (Å²) in [4.78, 5) is 34.1. The van der Waals surface area contributed by atoms with Crippen LogP contribution in [0.5, 0.6) is 0 Å². The number of aromatic amines is 1. The van der Waals surface area contributed by atoms with Crippen LogP contribution in [0.4, 0.5) is 0 Å². The molecule has 3 fully saturated rings. The summed E-state index contributed by atoms with van der Waals surface area (Å²) in [6.45, 7) is 3.36. The average Bonchev–Trinajstić information content (AvgIpc) is 2.96. The first-order chi connectivity index (χ1) is 11.2. The highest BCUT2D eigenvalue weighted by molar-refractivity contribution is 5.87. The zero-order valence-corrected chi connectivity index (χ0v) is 13.2. The SMILES string of the molecule is O=C(C1CC1)N1C[C@@H]2CNC[C@]2(C(=O)NCCc2cnc[nH]2)C1. The molecule has 124 valence electrons.